The number of para-hydroxylation sites is 1. The van der Waals surface area contributed by atoms with Crippen LogP contribution in [-0.2, 0) is 4.74 Å². The topological polar surface area (TPSA) is 101 Å². The second-order valence-electron chi connectivity index (χ2n) is 5.86. The standard InChI is InChI=1S/C17H16N4O4/c1-10-19-20-16(25-10)14-9-21(6-7-24-14)17(23)12-8-15(22)18-13-5-3-2-4-11(12)13/h2-5,8,14H,6-7,9H2,1H3,(H,18,22). The van der Waals surface area contributed by atoms with Crippen LogP contribution in [0.1, 0.15) is 28.2 Å². The van der Waals surface area contributed by atoms with Gasteiger partial charge in [0.15, 0.2) is 6.10 Å². The van der Waals surface area contributed by atoms with Crippen LogP contribution in [0, 0.1) is 6.92 Å². The van der Waals surface area contributed by atoms with Crippen LogP contribution in [0.4, 0.5) is 0 Å². The van der Waals surface area contributed by atoms with E-state index in [4.69, 9.17) is 9.15 Å². The Morgan fingerprint density at radius 1 is 1.32 bits per heavy atom. The summed E-state index contributed by atoms with van der Waals surface area (Å²) in [5, 5.41) is 8.47. The number of ether oxygens (including phenoxy) is 1. The lowest BCUT2D eigenvalue weighted by Gasteiger charge is -2.31. The van der Waals surface area contributed by atoms with Gasteiger partial charge >= 0.3 is 0 Å². The summed E-state index contributed by atoms with van der Waals surface area (Å²) in [4.78, 5) is 29.3. The number of aryl methyl sites for hydroxylation is 1. The van der Waals surface area contributed by atoms with E-state index in [0.717, 1.165) is 0 Å². The number of aromatic amines is 1. The second-order valence-corrected chi connectivity index (χ2v) is 5.86. The molecule has 1 aliphatic heterocycles. The zero-order valence-corrected chi connectivity index (χ0v) is 13.6. The zero-order chi connectivity index (χ0) is 17.4. The van der Waals surface area contributed by atoms with Gasteiger partial charge in [-0.1, -0.05) is 18.2 Å². The average Bonchev–Trinajstić information content (AvgIpc) is 3.07. The van der Waals surface area contributed by atoms with Crippen molar-refractivity contribution in [2.75, 3.05) is 19.7 Å². The van der Waals surface area contributed by atoms with Gasteiger partial charge in [-0.15, -0.1) is 10.2 Å². The van der Waals surface area contributed by atoms with E-state index in [9.17, 15) is 9.59 Å². The minimum absolute atomic E-state index is 0.216. The molecule has 1 unspecified atom stereocenters. The van der Waals surface area contributed by atoms with Crippen molar-refractivity contribution in [2.24, 2.45) is 0 Å². The monoisotopic (exact) mass is 340 g/mol. The molecule has 3 aromatic rings. The first-order chi connectivity index (χ1) is 12.1. The Hall–Kier alpha value is -3.00. The van der Waals surface area contributed by atoms with Gasteiger partial charge in [-0.2, -0.15) is 0 Å². The highest BCUT2D eigenvalue weighted by molar-refractivity contribution is 6.05. The maximum absolute atomic E-state index is 13.0. The number of nitrogens with one attached hydrogen (secondary N) is 1. The van der Waals surface area contributed by atoms with Gasteiger partial charge < -0.3 is 19.0 Å². The van der Waals surface area contributed by atoms with Gasteiger partial charge in [0.25, 0.3) is 5.91 Å². The lowest BCUT2D eigenvalue weighted by Crippen LogP contribution is -2.42. The van der Waals surface area contributed by atoms with E-state index in [1.54, 1.807) is 17.9 Å². The molecule has 8 nitrogen and oxygen atoms in total. The van der Waals surface area contributed by atoms with Crippen LogP contribution < -0.4 is 5.56 Å². The minimum atomic E-state index is -0.466. The smallest absolute Gasteiger partial charge is 0.254 e. The van der Waals surface area contributed by atoms with Gasteiger partial charge in [0, 0.05) is 30.4 Å². The normalized spacial score (nSPS) is 17.8. The molecule has 1 amide bonds. The van der Waals surface area contributed by atoms with Crippen LogP contribution in [0.3, 0.4) is 0 Å². The molecule has 0 aliphatic carbocycles. The van der Waals surface area contributed by atoms with Gasteiger partial charge in [-0.3, -0.25) is 9.59 Å². The minimum Gasteiger partial charge on any atom is -0.423 e. The third-order valence-electron chi connectivity index (χ3n) is 4.15. The molecule has 1 aromatic carbocycles. The van der Waals surface area contributed by atoms with E-state index in [2.05, 4.69) is 15.2 Å². The molecule has 0 spiro atoms. The molecule has 25 heavy (non-hydrogen) atoms. The predicted octanol–water partition coefficient (Wildman–Crippen LogP) is 1.43. The number of aromatic nitrogens is 3. The maximum Gasteiger partial charge on any atom is 0.254 e. The van der Waals surface area contributed by atoms with Crippen LogP contribution in [0.2, 0.25) is 0 Å². The van der Waals surface area contributed by atoms with Gasteiger partial charge in [0.2, 0.25) is 17.3 Å². The Morgan fingerprint density at radius 2 is 2.16 bits per heavy atom. The molecule has 2 aromatic heterocycles. The van der Waals surface area contributed by atoms with Gasteiger partial charge in [0.1, 0.15) is 0 Å². The van der Waals surface area contributed by atoms with Crippen molar-refractivity contribution in [1.29, 1.82) is 0 Å². The quantitative estimate of drug-likeness (QED) is 0.757. The van der Waals surface area contributed by atoms with Crippen molar-refractivity contribution in [1.82, 2.24) is 20.1 Å². The first-order valence-electron chi connectivity index (χ1n) is 7.95. The summed E-state index contributed by atoms with van der Waals surface area (Å²) in [7, 11) is 0. The second kappa shape index (κ2) is 6.14. The number of amides is 1. The molecule has 3 heterocycles. The van der Waals surface area contributed by atoms with Gasteiger partial charge in [0.05, 0.1) is 18.7 Å². The lowest BCUT2D eigenvalue weighted by molar-refractivity contribution is -0.0348. The molecular formula is C17H16N4O4. The molecular weight excluding hydrogens is 324 g/mol. The van der Waals surface area contributed by atoms with Crippen LogP contribution in [0.25, 0.3) is 10.9 Å². The summed E-state index contributed by atoms with van der Waals surface area (Å²) in [6.45, 7) is 2.79. The Kier molecular flexibility index (Phi) is 3.81. The fourth-order valence-corrected chi connectivity index (χ4v) is 2.98. The van der Waals surface area contributed by atoms with E-state index >= 15 is 0 Å². The van der Waals surface area contributed by atoms with Crippen molar-refractivity contribution in [3.8, 4) is 0 Å². The van der Waals surface area contributed by atoms with E-state index in [-0.39, 0.29) is 11.5 Å². The number of H-pyrrole nitrogens is 1. The van der Waals surface area contributed by atoms with Crippen molar-refractivity contribution < 1.29 is 13.9 Å². The summed E-state index contributed by atoms with van der Waals surface area (Å²) in [5.74, 6) is 0.584. The number of benzene rings is 1. The highest BCUT2D eigenvalue weighted by Gasteiger charge is 2.30. The molecule has 1 fully saturated rings. The predicted molar refractivity (Wildman–Crippen MR) is 88.2 cm³/mol. The number of pyridine rings is 1. The zero-order valence-electron chi connectivity index (χ0n) is 13.6. The van der Waals surface area contributed by atoms with Crippen LogP contribution in [0.5, 0.6) is 0 Å². The molecule has 1 saturated heterocycles. The Labute approximate surface area is 142 Å². The number of hydrogen-bond donors (Lipinski definition) is 1. The number of nitrogens with zero attached hydrogens (tertiary/aromatic N) is 3. The van der Waals surface area contributed by atoms with E-state index in [1.807, 2.05) is 18.2 Å². The number of carbonyl (C=O) groups excluding carboxylic acids is 1. The van der Waals surface area contributed by atoms with E-state index < -0.39 is 6.10 Å². The first kappa shape index (κ1) is 15.5. The molecule has 0 bridgehead atoms. The number of morpholine rings is 1. The molecule has 4 rings (SSSR count). The van der Waals surface area contributed by atoms with E-state index in [0.29, 0.717) is 47.9 Å². The molecule has 1 N–H and O–H groups in total. The highest BCUT2D eigenvalue weighted by atomic mass is 16.5. The van der Waals surface area contributed by atoms with Crippen molar-refractivity contribution in [3.05, 3.63) is 58.0 Å². The Bertz CT molecular complexity index is 993. The third kappa shape index (κ3) is 2.91. The number of fused-ring (bicyclic) bond motifs is 1. The largest absolute Gasteiger partial charge is 0.423 e. The summed E-state index contributed by atoms with van der Waals surface area (Å²) >= 11 is 0. The van der Waals surface area contributed by atoms with Crippen LogP contribution >= 0.6 is 0 Å². The van der Waals surface area contributed by atoms with Crippen molar-refractivity contribution in [2.45, 2.75) is 13.0 Å². The average molecular weight is 340 g/mol. The number of rotatable bonds is 2. The van der Waals surface area contributed by atoms with Crippen molar-refractivity contribution in [3.63, 3.8) is 0 Å². The SMILES string of the molecule is Cc1nnc(C2CN(C(=O)c3cc(=O)[nH]c4ccccc34)CCO2)o1. The maximum atomic E-state index is 13.0. The lowest BCUT2D eigenvalue weighted by atomic mass is 10.1. The number of carbonyl (C=O) groups is 1. The fraction of sp³-hybridized carbons (Fsp3) is 0.294. The molecule has 8 heteroatoms. The first-order valence-corrected chi connectivity index (χ1v) is 7.95. The Morgan fingerprint density at radius 3 is 2.96 bits per heavy atom. The van der Waals surface area contributed by atoms with Gasteiger partial charge in [-0.25, -0.2) is 0 Å². The van der Waals surface area contributed by atoms with Crippen molar-refractivity contribution >= 4 is 16.8 Å². The summed E-state index contributed by atoms with van der Waals surface area (Å²) < 4.78 is 11.1. The Balaban J connectivity index is 1.66. The highest BCUT2D eigenvalue weighted by Crippen LogP contribution is 2.24. The van der Waals surface area contributed by atoms with E-state index in [1.165, 1.54) is 6.07 Å². The summed E-state index contributed by atoms with van der Waals surface area (Å²) in [5.41, 5.74) is 0.705. The fourth-order valence-electron chi connectivity index (χ4n) is 2.98. The summed E-state index contributed by atoms with van der Waals surface area (Å²) in [6.07, 6.45) is -0.466. The third-order valence-corrected chi connectivity index (χ3v) is 4.15. The molecule has 128 valence electrons. The molecule has 0 radical (unpaired) electrons. The van der Waals surface area contributed by atoms with Gasteiger partial charge in [-0.05, 0) is 6.07 Å². The van der Waals surface area contributed by atoms with Crippen LogP contribution in [-0.4, -0.2) is 45.7 Å². The molecule has 1 aliphatic rings. The number of hydrogen-bond acceptors (Lipinski definition) is 6. The molecule has 1 atom stereocenters. The summed E-state index contributed by atoms with van der Waals surface area (Å²) in [6, 6.07) is 8.58. The van der Waals surface area contributed by atoms with Crippen LogP contribution in [0.15, 0.2) is 39.5 Å². The molecule has 0 saturated carbocycles.